The van der Waals surface area contributed by atoms with Gasteiger partial charge < -0.3 is 15.0 Å². The Hall–Kier alpha value is -2.86. The van der Waals surface area contributed by atoms with Crippen LogP contribution in [-0.4, -0.2) is 66.5 Å². The number of para-hydroxylation sites is 1. The first-order valence-electron chi connectivity index (χ1n) is 11.6. The normalized spacial score (nSPS) is 22.0. The number of ether oxygens (including phenoxy) is 1. The lowest BCUT2D eigenvalue weighted by atomic mass is 10.0. The number of carbonyl (C=O) groups is 2. The molecule has 2 amide bonds. The first kappa shape index (κ1) is 22.3. The van der Waals surface area contributed by atoms with Crippen LogP contribution in [0.15, 0.2) is 60.7 Å². The lowest BCUT2D eigenvalue weighted by Crippen LogP contribution is -2.51. The van der Waals surface area contributed by atoms with Crippen molar-refractivity contribution < 1.29 is 14.3 Å². The van der Waals surface area contributed by atoms with Gasteiger partial charge in [-0.25, -0.2) is 0 Å². The zero-order valence-corrected chi connectivity index (χ0v) is 18.8. The summed E-state index contributed by atoms with van der Waals surface area (Å²) in [5.74, 6) is 1.11. The maximum Gasteiger partial charge on any atom is 0.237 e. The second kappa shape index (κ2) is 10.6. The maximum absolute atomic E-state index is 12.7. The Morgan fingerprint density at radius 1 is 1.00 bits per heavy atom. The van der Waals surface area contributed by atoms with Crippen LogP contribution < -0.4 is 10.1 Å². The van der Waals surface area contributed by atoms with Crippen molar-refractivity contribution in [2.24, 2.45) is 0 Å². The third kappa shape index (κ3) is 5.49. The van der Waals surface area contributed by atoms with Crippen LogP contribution in [0.4, 0.5) is 0 Å². The number of benzene rings is 2. The van der Waals surface area contributed by atoms with Gasteiger partial charge in [-0.05, 0) is 37.0 Å². The molecule has 1 N–H and O–H groups in total. The van der Waals surface area contributed by atoms with Crippen molar-refractivity contribution in [1.82, 2.24) is 15.1 Å². The highest BCUT2D eigenvalue weighted by atomic mass is 16.5. The average Bonchev–Trinajstić information content (AvgIpc) is 3.27. The molecule has 2 aliphatic heterocycles. The first-order chi connectivity index (χ1) is 15.6. The fourth-order valence-electron chi connectivity index (χ4n) is 4.93. The Labute approximate surface area is 190 Å². The summed E-state index contributed by atoms with van der Waals surface area (Å²) in [5.41, 5.74) is 1.20. The van der Waals surface area contributed by atoms with Crippen LogP contribution in [0, 0.1) is 0 Å². The molecule has 0 radical (unpaired) electrons. The largest absolute Gasteiger partial charge is 0.489 e. The molecule has 0 aromatic heterocycles. The van der Waals surface area contributed by atoms with Crippen LogP contribution in [-0.2, 0) is 16.0 Å². The number of nitrogens with one attached hydrogen (secondary N) is 1. The zero-order valence-electron chi connectivity index (χ0n) is 18.8. The number of likely N-dealkylation sites (tertiary alicyclic amines) is 2. The Kier molecular flexibility index (Phi) is 7.43. The predicted octanol–water partition coefficient (Wildman–Crippen LogP) is 2.88. The first-order valence-corrected chi connectivity index (χ1v) is 11.6. The van der Waals surface area contributed by atoms with Gasteiger partial charge >= 0.3 is 0 Å². The lowest BCUT2D eigenvalue weighted by molar-refractivity contribution is -0.133. The van der Waals surface area contributed by atoms with E-state index >= 15 is 0 Å². The smallest absolute Gasteiger partial charge is 0.237 e. The van der Waals surface area contributed by atoms with Crippen LogP contribution in [0.3, 0.4) is 0 Å². The van der Waals surface area contributed by atoms with Gasteiger partial charge in [0.05, 0.1) is 6.04 Å². The summed E-state index contributed by atoms with van der Waals surface area (Å²) in [6.07, 6.45) is 3.79. The number of carbonyl (C=O) groups excluding carboxylic acids is 2. The molecule has 0 bridgehead atoms. The minimum absolute atomic E-state index is 0.00904. The van der Waals surface area contributed by atoms with E-state index in [9.17, 15) is 9.59 Å². The number of nitrogens with zero attached hydrogens (tertiary/aromatic N) is 2. The number of amides is 2. The molecular formula is C26H33N3O3. The molecule has 2 aromatic rings. The predicted molar refractivity (Wildman–Crippen MR) is 124 cm³/mol. The molecule has 0 saturated carbocycles. The number of rotatable bonds is 7. The van der Waals surface area contributed by atoms with E-state index in [4.69, 9.17) is 4.74 Å². The van der Waals surface area contributed by atoms with Crippen molar-refractivity contribution in [3.8, 4) is 5.75 Å². The van der Waals surface area contributed by atoms with Crippen LogP contribution >= 0.6 is 0 Å². The number of aryl methyl sites for hydroxylation is 1. The highest BCUT2D eigenvalue weighted by Gasteiger charge is 2.42. The molecule has 4 rings (SSSR count). The number of hydrogen-bond donors (Lipinski definition) is 1. The Balaban J connectivity index is 1.31. The topological polar surface area (TPSA) is 61.9 Å². The van der Waals surface area contributed by atoms with Gasteiger partial charge in [-0.1, -0.05) is 48.5 Å². The van der Waals surface area contributed by atoms with Gasteiger partial charge in [-0.3, -0.25) is 14.5 Å². The second-order valence-electron chi connectivity index (χ2n) is 8.71. The van der Waals surface area contributed by atoms with Crippen molar-refractivity contribution in [2.75, 3.05) is 26.7 Å². The third-order valence-electron chi connectivity index (χ3n) is 6.65. The van der Waals surface area contributed by atoms with E-state index in [2.05, 4.69) is 22.3 Å². The minimum Gasteiger partial charge on any atom is -0.489 e. The molecule has 2 aliphatic rings. The maximum atomic E-state index is 12.7. The SMILES string of the molecule is CNC(=O)[C@@H]1C[C@H](Oc2ccccc2)CN1C1CCN(C(=O)CCc2ccccc2)CC1. The van der Waals surface area contributed by atoms with Crippen LogP contribution in [0.1, 0.15) is 31.2 Å². The summed E-state index contributed by atoms with van der Waals surface area (Å²) < 4.78 is 6.17. The third-order valence-corrected chi connectivity index (χ3v) is 6.65. The summed E-state index contributed by atoms with van der Waals surface area (Å²) >= 11 is 0. The highest BCUT2D eigenvalue weighted by molar-refractivity contribution is 5.82. The molecule has 2 atom stereocenters. The Morgan fingerprint density at radius 2 is 1.66 bits per heavy atom. The Bertz CT molecular complexity index is 882. The van der Waals surface area contributed by atoms with Crippen LogP contribution in [0.25, 0.3) is 0 Å². The molecule has 2 fully saturated rings. The molecule has 6 nitrogen and oxygen atoms in total. The van der Waals surface area contributed by atoms with Crippen molar-refractivity contribution >= 4 is 11.8 Å². The van der Waals surface area contributed by atoms with Crippen molar-refractivity contribution in [3.05, 3.63) is 66.2 Å². The number of hydrogen-bond acceptors (Lipinski definition) is 4. The van der Waals surface area contributed by atoms with Gasteiger partial charge in [-0.15, -0.1) is 0 Å². The lowest BCUT2D eigenvalue weighted by Gasteiger charge is -2.38. The molecule has 2 aromatic carbocycles. The van der Waals surface area contributed by atoms with Crippen LogP contribution in [0.5, 0.6) is 5.75 Å². The number of likely N-dealkylation sites (N-methyl/N-ethyl adjacent to an activating group) is 1. The van der Waals surface area contributed by atoms with Gasteiger partial charge in [0.1, 0.15) is 11.9 Å². The minimum atomic E-state index is -0.181. The monoisotopic (exact) mass is 435 g/mol. The highest BCUT2D eigenvalue weighted by Crippen LogP contribution is 2.29. The van der Waals surface area contributed by atoms with Gasteiger partial charge in [0.2, 0.25) is 11.8 Å². The van der Waals surface area contributed by atoms with Gasteiger partial charge in [-0.2, -0.15) is 0 Å². The van der Waals surface area contributed by atoms with E-state index in [1.54, 1.807) is 7.05 Å². The molecular weight excluding hydrogens is 402 g/mol. The second-order valence-corrected chi connectivity index (χ2v) is 8.71. The average molecular weight is 436 g/mol. The standard InChI is InChI=1S/C26H33N3O3/c1-27-26(31)24-18-23(32-22-10-6-3-7-11-22)19-29(24)21-14-16-28(17-15-21)25(30)13-12-20-8-4-2-5-9-20/h2-11,21,23-24H,12-19H2,1H3,(H,27,31)/t23-,24-/m0/s1. The molecule has 6 heteroatoms. The fourth-order valence-corrected chi connectivity index (χ4v) is 4.93. The summed E-state index contributed by atoms with van der Waals surface area (Å²) in [5, 5.41) is 2.82. The summed E-state index contributed by atoms with van der Waals surface area (Å²) in [6.45, 7) is 2.23. The fraction of sp³-hybridized carbons (Fsp3) is 0.462. The van der Waals surface area contributed by atoms with E-state index in [0.717, 1.165) is 44.6 Å². The van der Waals surface area contributed by atoms with E-state index in [-0.39, 0.29) is 24.0 Å². The summed E-state index contributed by atoms with van der Waals surface area (Å²) in [4.78, 5) is 29.6. The molecule has 0 spiro atoms. The van der Waals surface area contributed by atoms with Gasteiger partial charge in [0.15, 0.2) is 0 Å². The van der Waals surface area contributed by atoms with Crippen molar-refractivity contribution in [3.63, 3.8) is 0 Å². The Morgan fingerprint density at radius 3 is 2.31 bits per heavy atom. The molecule has 0 unspecified atom stereocenters. The summed E-state index contributed by atoms with van der Waals surface area (Å²) in [6, 6.07) is 20.1. The quantitative estimate of drug-likeness (QED) is 0.727. The van der Waals surface area contributed by atoms with Crippen molar-refractivity contribution in [1.29, 1.82) is 0 Å². The molecule has 32 heavy (non-hydrogen) atoms. The summed E-state index contributed by atoms with van der Waals surface area (Å²) in [7, 11) is 1.69. The van der Waals surface area contributed by atoms with Gasteiger partial charge in [0.25, 0.3) is 0 Å². The van der Waals surface area contributed by atoms with Gasteiger partial charge in [0, 0.05) is 45.6 Å². The molecule has 0 aliphatic carbocycles. The molecule has 2 saturated heterocycles. The van der Waals surface area contributed by atoms with E-state index < -0.39 is 0 Å². The van der Waals surface area contributed by atoms with E-state index in [1.165, 1.54) is 5.56 Å². The zero-order chi connectivity index (χ0) is 22.3. The number of piperidine rings is 1. The molecule has 2 heterocycles. The van der Waals surface area contributed by atoms with Crippen molar-refractivity contribution in [2.45, 2.75) is 50.3 Å². The van der Waals surface area contributed by atoms with E-state index in [0.29, 0.717) is 18.9 Å². The van der Waals surface area contributed by atoms with E-state index in [1.807, 2.05) is 53.4 Å². The molecule has 170 valence electrons. The van der Waals surface area contributed by atoms with Crippen LogP contribution in [0.2, 0.25) is 0 Å².